The molecule has 148 valence electrons. The Morgan fingerprint density at radius 2 is 2.07 bits per heavy atom. The van der Waals surface area contributed by atoms with Gasteiger partial charge < -0.3 is 4.74 Å². The monoisotopic (exact) mass is 403 g/mol. The number of carbonyl (C=O) groups excluding carboxylic acids is 1. The number of ether oxygens (including phenoxy) is 1. The number of hydrogen-bond donors (Lipinski definition) is 0. The van der Waals surface area contributed by atoms with Crippen molar-refractivity contribution in [3.63, 3.8) is 0 Å². The van der Waals surface area contributed by atoms with Crippen molar-refractivity contribution in [2.45, 2.75) is 19.7 Å². The van der Waals surface area contributed by atoms with Gasteiger partial charge in [0.25, 0.3) is 0 Å². The van der Waals surface area contributed by atoms with Gasteiger partial charge in [-0.25, -0.2) is 24.0 Å². The molecule has 0 aliphatic carbocycles. The number of nitrogens with zero attached hydrogens (tertiary/aromatic N) is 7. The summed E-state index contributed by atoms with van der Waals surface area (Å²) < 4.78 is 45.7. The van der Waals surface area contributed by atoms with Crippen molar-refractivity contribution < 1.29 is 22.7 Å². The number of alkyl halides is 3. The van der Waals surface area contributed by atoms with Crippen molar-refractivity contribution in [2.75, 3.05) is 0 Å². The topological polar surface area (TPSA) is 100 Å². The lowest BCUT2D eigenvalue weighted by molar-refractivity contribution is -0.137. The number of pyridine rings is 1. The zero-order valence-corrected chi connectivity index (χ0v) is 14.8. The third kappa shape index (κ3) is 3.63. The molecule has 0 bridgehead atoms. The van der Waals surface area contributed by atoms with E-state index in [1.807, 2.05) is 0 Å². The lowest BCUT2D eigenvalue weighted by Gasteiger charge is -2.06. The molecule has 0 aliphatic heterocycles. The van der Waals surface area contributed by atoms with Gasteiger partial charge in [-0.2, -0.15) is 18.3 Å². The van der Waals surface area contributed by atoms with Crippen molar-refractivity contribution in [3.8, 4) is 5.82 Å². The highest BCUT2D eigenvalue weighted by Gasteiger charge is 2.30. The molecule has 4 aromatic heterocycles. The largest absolute Gasteiger partial charge is 0.455 e. The van der Waals surface area contributed by atoms with Gasteiger partial charge in [0.05, 0.1) is 17.5 Å². The molecule has 0 saturated heterocycles. The number of hydrogen-bond acceptors (Lipinski definition) is 7. The molecule has 0 amide bonds. The lowest BCUT2D eigenvalue weighted by atomic mass is 10.2. The van der Waals surface area contributed by atoms with Crippen LogP contribution in [0.25, 0.3) is 11.5 Å². The second kappa shape index (κ2) is 6.96. The molecule has 0 saturated carbocycles. The minimum atomic E-state index is -4.47. The first kappa shape index (κ1) is 18.5. The summed E-state index contributed by atoms with van der Waals surface area (Å²) in [6.45, 7) is 1.47. The molecule has 9 nitrogen and oxygen atoms in total. The van der Waals surface area contributed by atoms with Gasteiger partial charge in [0.2, 0.25) is 0 Å². The SMILES string of the molecule is Cc1nn2cccnc2c1C(=O)OCc1cn(-c2ccc(C(F)(F)F)cn2)nn1. The van der Waals surface area contributed by atoms with E-state index in [-0.39, 0.29) is 18.0 Å². The van der Waals surface area contributed by atoms with E-state index in [1.54, 1.807) is 19.2 Å². The first-order chi connectivity index (χ1) is 13.8. The van der Waals surface area contributed by atoms with Crippen molar-refractivity contribution in [2.24, 2.45) is 0 Å². The molecular formula is C17H12F3N7O2. The van der Waals surface area contributed by atoms with E-state index in [1.165, 1.54) is 27.7 Å². The lowest BCUT2D eigenvalue weighted by Crippen LogP contribution is -2.07. The highest BCUT2D eigenvalue weighted by Crippen LogP contribution is 2.28. The van der Waals surface area contributed by atoms with Crippen LogP contribution in [0.1, 0.15) is 27.3 Å². The molecule has 4 rings (SSSR count). The quantitative estimate of drug-likeness (QED) is 0.482. The zero-order chi connectivity index (χ0) is 20.6. The average molecular weight is 403 g/mol. The molecule has 4 aromatic rings. The maximum Gasteiger partial charge on any atom is 0.417 e. The van der Waals surface area contributed by atoms with Crippen LogP contribution in [-0.4, -0.2) is 40.5 Å². The minimum Gasteiger partial charge on any atom is -0.455 e. The summed E-state index contributed by atoms with van der Waals surface area (Å²) in [6.07, 6.45) is 0.838. The predicted molar refractivity (Wildman–Crippen MR) is 91.0 cm³/mol. The minimum absolute atomic E-state index is 0.144. The summed E-state index contributed by atoms with van der Waals surface area (Å²) in [4.78, 5) is 20.3. The smallest absolute Gasteiger partial charge is 0.417 e. The number of fused-ring (bicyclic) bond motifs is 1. The Hall–Kier alpha value is -3.83. The predicted octanol–water partition coefficient (Wildman–Crippen LogP) is 2.39. The Morgan fingerprint density at radius 1 is 1.24 bits per heavy atom. The Labute approximate surface area is 160 Å². The maximum atomic E-state index is 12.6. The van der Waals surface area contributed by atoms with Gasteiger partial charge in [-0.1, -0.05) is 5.21 Å². The molecule has 4 heterocycles. The van der Waals surface area contributed by atoms with Crippen LogP contribution >= 0.6 is 0 Å². The Kier molecular flexibility index (Phi) is 4.45. The summed E-state index contributed by atoms with van der Waals surface area (Å²) >= 11 is 0. The Balaban J connectivity index is 1.47. The van der Waals surface area contributed by atoms with Gasteiger partial charge in [-0.3, -0.25) is 0 Å². The van der Waals surface area contributed by atoms with Gasteiger partial charge in [-0.15, -0.1) is 5.10 Å². The first-order valence-corrected chi connectivity index (χ1v) is 8.25. The number of esters is 1. The van der Waals surface area contributed by atoms with Crippen molar-refractivity contribution >= 4 is 11.6 Å². The van der Waals surface area contributed by atoms with Crippen LogP contribution in [0, 0.1) is 6.92 Å². The summed E-state index contributed by atoms with van der Waals surface area (Å²) in [5.74, 6) is -0.482. The molecular weight excluding hydrogens is 391 g/mol. The molecule has 0 aliphatic rings. The van der Waals surface area contributed by atoms with Gasteiger partial charge in [-0.05, 0) is 25.1 Å². The number of aryl methyl sites for hydroxylation is 1. The van der Waals surface area contributed by atoms with Crippen LogP contribution in [0.15, 0.2) is 43.0 Å². The second-order valence-electron chi connectivity index (χ2n) is 5.98. The highest BCUT2D eigenvalue weighted by atomic mass is 19.4. The number of rotatable bonds is 4. The fourth-order valence-corrected chi connectivity index (χ4v) is 2.61. The zero-order valence-electron chi connectivity index (χ0n) is 14.8. The number of aromatic nitrogens is 7. The number of carbonyl (C=O) groups is 1. The molecule has 0 unspecified atom stereocenters. The summed E-state index contributed by atoms with van der Waals surface area (Å²) in [5.41, 5.74) is 0.497. The molecule has 29 heavy (non-hydrogen) atoms. The standard InChI is InChI=1S/C17H12F3N7O2/c1-10-14(15-21-5-2-6-26(15)24-10)16(28)29-9-12-8-27(25-23-12)13-4-3-11(7-22-13)17(18,19)20/h2-8H,9H2,1H3. The van der Waals surface area contributed by atoms with Crippen LogP contribution in [0.3, 0.4) is 0 Å². The summed E-state index contributed by atoms with van der Waals surface area (Å²) in [7, 11) is 0. The van der Waals surface area contributed by atoms with Crippen LogP contribution in [-0.2, 0) is 17.5 Å². The van der Waals surface area contributed by atoms with Gasteiger partial charge in [0.15, 0.2) is 11.5 Å². The van der Waals surface area contributed by atoms with E-state index in [9.17, 15) is 18.0 Å². The third-order valence-corrected chi connectivity index (χ3v) is 3.98. The first-order valence-electron chi connectivity index (χ1n) is 8.25. The van der Waals surface area contributed by atoms with Crippen LogP contribution in [0.4, 0.5) is 13.2 Å². The van der Waals surface area contributed by atoms with E-state index < -0.39 is 17.7 Å². The van der Waals surface area contributed by atoms with Gasteiger partial charge in [0, 0.05) is 18.6 Å². The van der Waals surface area contributed by atoms with Crippen molar-refractivity contribution in [1.29, 1.82) is 0 Å². The van der Waals surface area contributed by atoms with Crippen molar-refractivity contribution in [1.82, 2.24) is 34.6 Å². The summed E-state index contributed by atoms with van der Waals surface area (Å²) in [5, 5.41) is 11.8. The highest BCUT2D eigenvalue weighted by molar-refractivity contribution is 5.97. The molecule has 0 radical (unpaired) electrons. The van der Waals surface area contributed by atoms with E-state index in [2.05, 4.69) is 25.4 Å². The molecule has 0 atom stereocenters. The van der Waals surface area contributed by atoms with E-state index in [0.29, 0.717) is 23.2 Å². The molecule has 0 N–H and O–H groups in total. The second-order valence-corrected chi connectivity index (χ2v) is 5.98. The van der Waals surface area contributed by atoms with Crippen LogP contribution in [0.2, 0.25) is 0 Å². The molecule has 12 heteroatoms. The molecule has 0 fully saturated rings. The van der Waals surface area contributed by atoms with E-state index >= 15 is 0 Å². The van der Waals surface area contributed by atoms with Crippen molar-refractivity contribution in [3.05, 3.63) is 65.5 Å². The Bertz CT molecular complexity index is 1180. The molecule has 0 spiro atoms. The Morgan fingerprint density at radius 3 is 2.79 bits per heavy atom. The normalized spacial score (nSPS) is 11.7. The average Bonchev–Trinajstić information content (AvgIpc) is 3.29. The fourth-order valence-electron chi connectivity index (χ4n) is 2.61. The maximum absolute atomic E-state index is 12.6. The summed E-state index contributed by atoms with van der Waals surface area (Å²) in [6, 6.07) is 3.74. The van der Waals surface area contributed by atoms with Crippen LogP contribution < -0.4 is 0 Å². The third-order valence-electron chi connectivity index (χ3n) is 3.98. The molecule has 0 aromatic carbocycles. The van der Waals surface area contributed by atoms with Gasteiger partial charge >= 0.3 is 12.1 Å². The van der Waals surface area contributed by atoms with E-state index in [0.717, 1.165) is 6.07 Å². The number of halogens is 3. The van der Waals surface area contributed by atoms with Crippen LogP contribution in [0.5, 0.6) is 0 Å². The fraction of sp³-hybridized carbons (Fsp3) is 0.176. The van der Waals surface area contributed by atoms with E-state index in [4.69, 9.17) is 4.74 Å². The van der Waals surface area contributed by atoms with Gasteiger partial charge in [0.1, 0.15) is 17.9 Å².